The van der Waals surface area contributed by atoms with Crippen molar-refractivity contribution in [3.05, 3.63) is 88.5 Å². The Morgan fingerprint density at radius 2 is 1.77 bits per heavy atom. The van der Waals surface area contributed by atoms with Crippen molar-refractivity contribution in [1.29, 1.82) is 0 Å². The van der Waals surface area contributed by atoms with Crippen LogP contribution in [0.25, 0.3) is 6.08 Å². The molecule has 0 atom stereocenters. The maximum Gasteiger partial charge on any atom is 0.247 e. The molecule has 1 aliphatic heterocycles. The highest BCUT2D eigenvalue weighted by atomic mass is 19.1. The number of piperazine rings is 1. The largest absolute Gasteiger partial charge is 0.494 e. The van der Waals surface area contributed by atoms with Crippen molar-refractivity contribution in [3.63, 3.8) is 0 Å². The first-order chi connectivity index (χ1) is 20.8. The van der Waals surface area contributed by atoms with Gasteiger partial charge in [0, 0.05) is 73.8 Å². The fraction of sp³-hybridized carbons (Fsp3) is 0.312. The number of nitrogens with one attached hydrogen (secondary N) is 1. The Kier molecular flexibility index (Phi) is 8.81. The lowest BCUT2D eigenvalue weighted by atomic mass is 10.00. The van der Waals surface area contributed by atoms with Gasteiger partial charge in [0.25, 0.3) is 0 Å². The molecule has 2 heterocycles. The van der Waals surface area contributed by atoms with E-state index in [1.807, 2.05) is 18.2 Å². The van der Waals surface area contributed by atoms with Gasteiger partial charge in [-0.25, -0.2) is 18.7 Å². The summed E-state index contributed by atoms with van der Waals surface area (Å²) in [6.07, 6.45) is 4.77. The van der Waals surface area contributed by atoms with E-state index in [-0.39, 0.29) is 29.4 Å². The molecule has 2 aliphatic rings. The van der Waals surface area contributed by atoms with E-state index in [0.717, 1.165) is 50.0 Å². The minimum atomic E-state index is -1.10. The number of ether oxygens (including phenoxy) is 2. The summed E-state index contributed by atoms with van der Waals surface area (Å²) in [5.74, 6) is -3.48. The van der Waals surface area contributed by atoms with E-state index in [1.54, 1.807) is 6.20 Å². The summed E-state index contributed by atoms with van der Waals surface area (Å²) in [6.45, 7) is 10.5. The number of Topliss-reactive ketones (excluding diaryl/α,β-unsaturated/α-hetero) is 1. The van der Waals surface area contributed by atoms with Gasteiger partial charge in [0.15, 0.2) is 28.9 Å². The smallest absolute Gasteiger partial charge is 0.247 e. The number of carbonyl (C=O) groups excluding carboxylic acids is 2. The van der Waals surface area contributed by atoms with Gasteiger partial charge in [-0.3, -0.25) is 9.59 Å². The number of hydrogen-bond donors (Lipinski definition) is 1. The van der Waals surface area contributed by atoms with Crippen LogP contribution in [0.2, 0.25) is 0 Å². The highest BCUT2D eigenvalue weighted by molar-refractivity contribution is 6.13. The van der Waals surface area contributed by atoms with E-state index in [1.165, 1.54) is 26.4 Å². The van der Waals surface area contributed by atoms with Gasteiger partial charge in [-0.15, -0.1) is 0 Å². The van der Waals surface area contributed by atoms with Gasteiger partial charge >= 0.3 is 0 Å². The van der Waals surface area contributed by atoms with Crippen LogP contribution in [0.4, 0.5) is 20.2 Å². The molecule has 0 spiro atoms. The number of nitrogens with zero attached hydrogens (tertiary/aromatic N) is 4. The Bertz CT molecular complexity index is 1590. The molecule has 11 heteroatoms. The molecule has 9 nitrogen and oxygen atoms in total. The molecule has 2 aromatic carbocycles. The van der Waals surface area contributed by atoms with Crippen molar-refractivity contribution >= 4 is 29.1 Å². The molecule has 1 N–H and O–H groups in total. The summed E-state index contributed by atoms with van der Waals surface area (Å²) in [6, 6.07) is 6.98. The monoisotopic (exact) mass is 589 g/mol. The summed E-state index contributed by atoms with van der Waals surface area (Å²) in [4.78, 5) is 39.3. The number of aromatic nitrogens is 2. The van der Waals surface area contributed by atoms with Gasteiger partial charge in [0.1, 0.15) is 11.4 Å². The minimum Gasteiger partial charge on any atom is -0.494 e. The number of ketones is 1. The van der Waals surface area contributed by atoms with E-state index >= 15 is 0 Å². The molecule has 0 bridgehead atoms. The third kappa shape index (κ3) is 6.12. The average Bonchev–Trinajstić information content (AvgIpc) is 3.45. The van der Waals surface area contributed by atoms with E-state index in [4.69, 9.17) is 9.47 Å². The molecule has 0 unspecified atom stereocenters. The number of amides is 1. The lowest BCUT2D eigenvalue weighted by molar-refractivity contribution is -0.111. The number of allylic oxidation sites excluding steroid dienone is 1. The molecule has 1 saturated heterocycles. The normalized spacial score (nSPS) is 14.6. The van der Waals surface area contributed by atoms with Gasteiger partial charge < -0.3 is 24.6 Å². The number of halogens is 2. The highest BCUT2D eigenvalue weighted by Crippen LogP contribution is 2.35. The summed E-state index contributed by atoms with van der Waals surface area (Å²) >= 11 is 0. The molecular weight excluding hydrogens is 556 g/mol. The predicted octanol–water partition coefficient (Wildman–Crippen LogP) is 4.45. The molecular formula is C32H33F2N5O4. The van der Waals surface area contributed by atoms with Gasteiger partial charge in [-0.1, -0.05) is 19.6 Å². The van der Waals surface area contributed by atoms with Crippen LogP contribution in [-0.2, 0) is 17.6 Å². The van der Waals surface area contributed by atoms with E-state index in [0.29, 0.717) is 29.2 Å². The molecule has 3 aromatic rings. The van der Waals surface area contributed by atoms with Crippen LogP contribution in [0.15, 0.2) is 48.7 Å². The first kappa shape index (κ1) is 29.8. The second-order valence-electron chi connectivity index (χ2n) is 10.3. The summed E-state index contributed by atoms with van der Waals surface area (Å²) < 4.78 is 39.9. The first-order valence-corrected chi connectivity index (χ1v) is 14.0. The number of likely N-dealkylation sites (N-methyl/N-ethyl adjacent to an activating group) is 1. The van der Waals surface area contributed by atoms with Crippen molar-refractivity contribution < 1.29 is 27.8 Å². The van der Waals surface area contributed by atoms with Gasteiger partial charge in [0.05, 0.1) is 19.9 Å². The van der Waals surface area contributed by atoms with Crippen LogP contribution in [0.3, 0.4) is 0 Å². The molecule has 5 rings (SSSR count). The molecule has 1 amide bonds. The van der Waals surface area contributed by atoms with Crippen molar-refractivity contribution in [3.8, 4) is 11.5 Å². The topological polar surface area (TPSA) is 96.9 Å². The number of methoxy groups -OCH3 is 2. The standard InChI is InChI=1S/C32H33F2N5O4/c1-5-28(40)37-24-16-22(39-11-9-38(6-2)10-12-39)8-7-19(24)15-27-35-18-21-13-20(14-23(21)36-27)32(41)29-30(33)25(42-3)17-26(43-4)31(29)34/h5,7-8,14,16-18H,1,6,9-13,15H2,2-4H3,(H,37,40). The number of anilines is 2. The zero-order valence-corrected chi connectivity index (χ0v) is 24.4. The minimum absolute atomic E-state index is 0.119. The third-order valence-corrected chi connectivity index (χ3v) is 7.80. The Labute approximate surface area is 248 Å². The maximum absolute atomic E-state index is 15.0. The second-order valence-corrected chi connectivity index (χ2v) is 10.3. The van der Waals surface area contributed by atoms with Gasteiger partial charge in [-0.05, 0) is 36.4 Å². The van der Waals surface area contributed by atoms with Crippen molar-refractivity contribution in [2.45, 2.75) is 19.8 Å². The fourth-order valence-corrected chi connectivity index (χ4v) is 5.33. The third-order valence-electron chi connectivity index (χ3n) is 7.80. The Morgan fingerprint density at radius 3 is 2.40 bits per heavy atom. The molecule has 1 aromatic heterocycles. The summed E-state index contributed by atoms with van der Waals surface area (Å²) in [7, 11) is 2.45. The second kappa shape index (κ2) is 12.7. The lowest BCUT2D eigenvalue weighted by Gasteiger charge is -2.35. The van der Waals surface area contributed by atoms with Crippen LogP contribution < -0.4 is 19.7 Å². The Hall–Kier alpha value is -4.64. The zero-order valence-electron chi connectivity index (χ0n) is 24.4. The number of rotatable bonds is 10. The molecule has 0 radical (unpaired) electrons. The molecule has 224 valence electrons. The van der Waals surface area contributed by atoms with Crippen molar-refractivity contribution in [2.24, 2.45) is 0 Å². The van der Waals surface area contributed by atoms with Crippen LogP contribution >= 0.6 is 0 Å². The fourth-order valence-electron chi connectivity index (χ4n) is 5.33. The Balaban J connectivity index is 1.40. The number of hydrogen-bond acceptors (Lipinski definition) is 8. The highest BCUT2D eigenvalue weighted by Gasteiger charge is 2.30. The van der Waals surface area contributed by atoms with E-state index < -0.39 is 23.0 Å². The summed E-state index contributed by atoms with van der Waals surface area (Å²) in [5.41, 5.74) is 3.01. The average molecular weight is 590 g/mol. The van der Waals surface area contributed by atoms with Crippen LogP contribution in [0.1, 0.15) is 39.9 Å². The zero-order chi connectivity index (χ0) is 30.7. The van der Waals surface area contributed by atoms with Gasteiger partial charge in [-0.2, -0.15) is 0 Å². The van der Waals surface area contributed by atoms with Crippen LogP contribution in [-0.4, -0.2) is 73.5 Å². The molecule has 1 aliphatic carbocycles. The van der Waals surface area contributed by atoms with Crippen molar-refractivity contribution in [2.75, 3.05) is 57.2 Å². The maximum atomic E-state index is 15.0. The molecule has 1 fully saturated rings. The predicted molar refractivity (Wildman–Crippen MR) is 160 cm³/mol. The van der Waals surface area contributed by atoms with Crippen LogP contribution in [0, 0.1) is 11.6 Å². The Morgan fingerprint density at radius 1 is 1.07 bits per heavy atom. The number of fused-ring (bicyclic) bond motifs is 1. The molecule has 0 saturated carbocycles. The van der Waals surface area contributed by atoms with Gasteiger partial charge in [0.2, 0.25) is 5.91 Å². The number of carbonyl (C=O) groups is 2. The number of benzene rings is 2. The molecule has 43 heavy (non-hydrogen) atoms. The van der Waals surface area contributed by atoms with E-state index in [9.17, 15) is 18.4 Å². The lowest BCUT2D eigenvalue weighted by Crippen LogP contribution is -2.46. The first-order valence-electron chi connectivity index (χ1n) is 14.0. The van der Waals surface area contributed by atoms with E-state index in [2.05, 4.69) is 38.6 Å². The van der Waals surface area contributed by atoms with Crippen LogP contribution in [0.5, 0.6) is 11.5 Å². The van der Waals surface area contributed by atoms with Crippen molar-refractivity contribution in [1.82, 2.24) is 14.9 Å². The SMILES string of the molecule is C=CC(=O)Nc1cc(N2CCN(CC)CC2)ccc1Cc1ncc2c(n1)C=C(C(=O)c1c(F)c(OC)cc(OC)c1F)C2. The summed E-state index contributed by atoms with van der Waals surface area (Å²) in [5, 5.41) is 2.90. The quantitative estimate of drug-likeness (QED) is 0.274.